The van der Waals surface area contributed by atoms with Gasteiger partial charge in [-0.15, -0.1) is 0 Å². The van der Waals surface area contributed by atoms with Gasteiger partial charge in [0.2, 0.25) is 5.91 Å². The van der Waals surface area contributed by atoms with Crippen LogP contribution < -0.4 is 9.80 Å². The number of hydrogen-bond donors (Lipinski definition) is 0. The minimum absolute atomic E-state index is 0.0217. The highest BCUT2D eigenvalue weighted by Gasteiger charge is 2.77. The molecule has 4 aromatic rings. The summed E-state index contributed by atoms with van der Waals surface area (Å²) in [6.45, 7) is 0.763. The van der Waals surface area contributed by atoms with Crippen LogP contribution in [0.3, 0.4) is 0 Å². The number of nitrogens with zero attached hydrogens (tertiary/aromatic N) is 4. The number of hydrogen-bond acceptors (Lipinski definition) is 4. The molecule has 1 spiro atoms. The van der Waals surface area contributed by atoms with Gasteiger partial charge in [-0.2, -0.15) is 10.5 Å². The summed E-state index contributed by atoms with van der Waals surface area (Å²) in [5, 5.41) is 21.1. The van der Waals surface area contributed by atoms with Crippen molar-refractivity contribution in [3.8, 4) is 12.1 Å². The average molecular weight is 547 g/mol. The molecular weight excluding hydrogens is 520 g/mol. The molecule has 1 fully saturated rings. The van der Waals surface area contributed by atoms with Gasteiger partial charge in [0.05, 0.1) is 47.3 Å². The number of carbonyl (C=O) groups is 2. The maximum absolute atomic E-state index is 14.2. The summed E-state index contributed by atoms with van der Waals surface area (Å²) in [6, 6.07) is 39.3. The first-order chi connectivity index (χ1) is 20.5. The van der Waals surface area contributed by atoms with Crippen LogP contribution in [0.25, 0.3) is 5.57 Å². The number of carbonyl (C=O) groups excluding carboxylic acids is 2. The van der Waals surface area contributed by atoms with E-state index in [1.54, 1.807) is 9.80 Å². The number of allylic oxidation sites excluding steroid dienone is 1. The van der Waals surface area contributed by atoms with Crippen LogP contribution in [0.2, 0.25) is 0 Å². The van der Waals surface area contributed by atoms with E-state index in [4.69, 9.17) is 0 Å². The van der Waals surface area contributed by atoms with E-state index in [0.717, 1.165) is 28.1 Å². The number of anilines is 2. The van der Waals surface area contributed by atoms with E-state index in [1.165, 1.54) is 0 Å². The Hall–Kier alpha value is -5.46. The van der Waals surface area contributed by atoms with Gasteiger partial charge in [-0.25, -0.2) is 0 Å². The molecule has 0 unspecified atom stereocenters. The van der Waals surface area contributed by atoms with Crippen molar-refractivity contribution in [1.29, 1.82) is 10.5 Å². The smallest absolute Gasteiger partial charge is 0.260 e. The molecule has 202 valence electrons. The molecule has 2 aliphatic heterocycles. The maximum Gasteiger partial charge on any atom is 0.260 e. The first kappa shape index (κ1) is 25.5. The van der Waals surface area contributed by atoms with Crippen molar-refractivity contribution in [2.24, 2.45) is 5.41 Å². The minimum Gasteiger partial charge on any atom is -0.307 e. The van der Waals surface area contributed by atoms with Gasteiger partial charge in [0.15, 0.2) is 0 Å². The lowest BCUT2D eigenvalue weighted by Gasteiger charge is -2.20. The number of rotatable bonds is 6. The van der Waals surface area contributed by atoms with Crippen molar-refractivity contribution in [3.05, 3.63) is 137 Å². The molecule has 6 heteroatoms. The molecule has 42 heavy (non-hydrogen) atoms. The van der Waals surface area contributed by atoms with Gasteiger partial charge in [0.1, 0.15) is 0 Å². The molecule has 0 bridgehead atoms. The summed E-state index contributed by atoms with van der Waals surface area (Å²) in [5.41, 5.74) is 3.38. The summed E-state index contributed by atoms with van der Waals surface area (Å²) in [4.78, 5) is 31.6. The van der Waals surface area contributed by atoms with Crippen molar-refractivity contribution in [2.75, 3.05) is 9.80 Å². The van der Waals surface area contributed by atoms with Crippen LogP contribution in [-0.2, 0) is 28.1 Å². The van der Waals surface area contributed by atoms with E-state index in [2.05, 4.69) is 12.1 Å². The molecule has 6 nitrogen and oxygen atoms in total. The van der Waals surface area contributed by atoms with E-state index in [1.807, 2.05) is 109 Å². The number of benzene rings is 4. The molecule has 2 atom stereocenters. The molecule has 0 radical (unpaired) electrons. The molecule has 7 rings (SSSR count). The third kappa shape index (κ3) is 3.62. The van der Waals surface area contributed by atoms with E-state index < -0.39 is 10.8 Å². The topological polar surface area (TPSA) is 88.2 Å². The van der Waals surface area contributed by atoms with Crippen LogP contribution in [0.5, 0.6) is 0 Å². The molecule has 3 aliphatic rings. The quantitative estimate of drug-likeness (QED) is 0.210. The zero-order chi connectivity index (χ0) is 28.9. The van der Waals surface area contributed by atoms with Crippen molar-refractivity contribution in [2.45, 2.75) is 31.3 Å². The molecule has 2 amide bonds. The minimum atomic E-state index is -1.13. The molecule has 2 heterocycles. The Morgan fingerprint density at radius 1 is 0.714 bits per heavy atom. The normalized spacial score (nSPS) is 22.9. The molecule has 1 aliphatic carbocycles. The van der Waals surface area contributed by atoms with E-state index in [-0.39, 0.29) is 23.8 Å². The Bertz CT molecular complexity index is 1870. The Kier molecular flexibility index (Phi) is 5.82. The fourth-order valence-corrected chi connectivity index (χ4v) is 6.86. The number of para-hydroxylation sites is 2. The standard InChI is InChI=1S/C36H26N4O2/c37-20-27(32-28-15-7-9-17-30(28)39(33(32)41)21-25-11-3-1-4-12-25)19-35(24-38)23-36(35)29-16-8-10-18-31(29)40(34(36)42)22-26-13-5-2-6-14-26/h1-18H,19,21-23H2/b32-27+/t35-,36-/m0/s1. The zero-order valence-corrected chi connectivity index (χ0v) is 22.8. The second-order valence-corrected chi connectivity index (χ2v) is 11.2. The van der Waals surface area contributed by atoms with Crippen LogP contribution in [-0.4, -0.2) is 11.8 Å². The van der Waals surface area contributed by atoms with Crippen LogP contribution in [0, 0.1) is 28.1 Å². The first-order valence-electron chi connectivity index (χ1n) is 14.0. The predicted molar refractivity (Wildman–Crippen MR) is 160 cm³/mol. The van der Waals surface area contributed by atoms with Gasteiger partial charge in [0.25, 0.3) is 5.91 Å². The second-order valence-electron chi connectivity index (χ2n) is 11.2. The molecular formula is C36H26N4O2. The Morgan fingerprint density at radius 3 is 1.93 bits per heavy atom. The summed E-state index contributed by atoms with van der Waals surface area (Å²) in [5.74, 6) is -0.386. The predicted octanol–water partition coefficient (Wildman–Crippen LogP) is 6.30. The Labute approximate surface area is 244 Å². The third-order valence-corrected chi connectivity index (χ3v) is 8.94. The van der Waals surface area contributed by atoms with Crippen molar-refractivity contribution in [3.63, 3.8) is 0 Å². The molecule has 4 aromatic carbocycles. The van der Waals surface area contributed by atoms with E-state index >= 15 is 0 Å². The molecule has 1 saturated carbocycles. The number of nitriles is 2. The van der Waals surface area contributed by atoms with Gasteiger partial charge in [-0.3, -0.25) is 9.59 Å². The van der Waals surface area contributed by atoms with Crippen molar-refractivity contribution < 1.29 is 9.59 Å². The van der Waals surface area contributed by atoms with Crippen molar-refractivity contribution >= 4 is 28.8 Å². The highest BCUT2D eigenvalue weighted by Crippen LogP contribution is 2.72. The third-order valence-electron chi connectivity index (χ3n) is 8.94. The highest BCUT2D eigenvalue weighted by molar-refractivity contribution is 6.33. The van der Waals surface area contributed by atoms with Gasteiger partial charge in [0, 0.05) is 23.2 Å². The van der Waals surface area contributed by atoms with Crippen LogP contribution in [0.1, 0.15) is 35.1 Å². The first-order valence-corrected chi connectivity index (χ1v) is 14.0. The van der Waals surface area contributed by atoms with Crippen LogP contribution in [0.15, 0.2) is 115 Å². The number of amides is 2. The van der Waals surface area contributed by atoms with E-state index in [0.29, 0.717) is 30.6 Å². The second kappa shape index (κ2) is 9.58. The van der Waals surface area contributed by atoms with Gasteiger partial charge >= 0.3 is 0 Å². The average Bonchev–Trinajstić information content (AvgIpc) is 3.55. The number of fused-ring (bicyclic) bond motifs is 3. The fourth-order valence-electron chi connectivity index (χ4n) is 6.86. The largest absolute Gasteiger partial charge is 0.307 e. The van der Waals surface area contributed by atoms with Crippen molar-refractivity contribution in [1.82, 2.24) is 0 Å². The highest BCUT2D eigenvalue weighted by atomic mass is 16.2. The lowest BCUT2D eigenvalue weighted by molar-refractivity contribution is -0.121. The van der Waals surface area contributed by atoms with Gasteiger partial charge in [-0.1, -0.05) is 97.1 Å². The lowest BCUT2D eigenvalue weighted by atomic mass is 9.82. The molecule has 0 saturated heterocycles. The SMILES string of the molecule is N#C/C(C[C@@]1(C#N)C[C@]12C(=O)N(Cc1ccccc1)c1ccccc12)=C1/C(=O)N(Cc2ccccc2)c2ccccc21. The van der Waals surface area contributed by atoms with Gasteiger partial charge in [-0.05, 0) is 35.2 Å². The maximum atomic E-state index is 14.2. The molecule has 0 aromatic heterocycles. The monoisotopic (exact) mass is 546 g/mol. The zero-order valence-electron chi connectivity index (χ0n) is 22.8. The van der Waals surface area contributed by atoms with Crippen LogP contribution in [0.4, 0.5) is 11.4 Å². The lowest BCUT2D eigenvalue weighted by Crippen LogP contribution is -2.35. The summed E-state index contributed by atoms with van der Waals surface area (Å²) >= 11 is 0. The Balaban J connectivity index is 1.28. The fraction of sp³-hybridized carbons (Fsp3) is 0.167. The summed E-state index contributed by atoms with van der Waals surface area (Å²) in [6.07, 6.45) is 0.327. The summed E-state index contributed by atoms with van der Waals surface area (Å²) < 4.78 is 0. The van der Waals surface area contributed by atoms with Crippen LogP contribution >= 0.6 is 0 Å². The van der Waals surface area contributed by atoms with E-state index in [9.17, 15) is 20.1 Å². The molecule has 0 N–H and O–H groups in total. The van der Waals surface area contributed by atoms with Gasteiger partial charge < -0.3 is 9.80 Å². The summed E-state index contributed by atoms with van der Waals surface area (Å²) in [7, 11) is 0. The Morgan fingerprint density at radius 2 is 1.29 bits per heavy atom.